The predicted molar refractivity (Wildman–Crippen MR) is 72.4 cm³/mol. The molecule has 0 spiro atoms. The number of carbonyl (C=O) groups excluding carboxylic acids is 1. The van der Waals surface area contributed by atoms with Crippen molar-refractivity contribution in [2.24, 2.45) is 5.73 Å². The molecule has 106 valence electrons. The first-order chi connectivity index (χ1) is 8.51. The van der Waals surface area contributed by atoms with Gasteiger partial charge in [-0.1, -0.05) is 13.8 Å². The highest BCUT2D eigenvalue weighted by Crippen LogP contribution is 2.15. The molecular formula is C13H27N3O2. The van der Waals surface area contributed by atoms with Gasteiger partial charge >= 0.3 is 0 Å². The quantitative estimate of drug-likeness (QED) is 0.658. The lowest BCUT2D eigenvalue weighted by Gasteiger charge is -2.34. The molecule has 3 N–H and O–H groups in total. The van der Waals surface area contributed by atoms with Gasteiger partial charge in [-0.25, -0.2) is 0 Å². The van der Waals surface area contributed by atoms with E-state index in [2.05, 4.69) is 17.1 Å². The second kappa shape index (κ2) is 7.07. The highest BCUT2D eigenvalue weighted by molar-refractivity contribution is 5.84. The number of amides is 1. The van der Waals surface area contributed by atoms with Gasteiger partial charge in [0.05, 0.1) is 6.10 Å². The van der Waals surface area contributed by atoms with Gasteiger partial charge < -0.3 is 15.8 Å². The highest BCUT2D eigenvalue weighted by atomic mass is 16.5. The molecule has 5 nitrogen and oxygen atoms in total. The lowest BCUT2D eigenvalue weighted by atomic mass is 10.0. The van der Waals surface area contributed by atoms with E-state index in [0.717, 1.165) is 39.1 Å². The second-order valence-corrected chi connectivity index (χ2v) is 5.19. The number of carbonyl (C=O) groups is 1. The Kier molecular flexibility index (Phi) is 6.05. The van der Waals surface area contributed by atoms with Crippen LogP contribution in [0.1, 0.15) is 33.6 Å². The van der Waals surface area contributed by atoms with Crippen LogP contribution in [-0.2, 0) is 9.53 Å². The van der Waals surface area contributed by atoms with Crippen molar-refractivity contribution in [1.82, 2.24) is 10.2 Å². The average molecular weight is 257 g/mol. The minimum absolute atomic E-state index is 0.296. The number of nitrogens with two attached hydrogens (primary N) is 1. The summed E-state index contributed by atoms with van der Waals surface area (Å²) in [5.74, 6) is -0.296. The summed E-state index contributed by atoms with van der Waals surface area (Å²) in [6.07, 6.45) is 2.57. The van der Waals surface area contributed by atoms with Crippen molar-refractivity contribution in [1.29, 1.82) is 0 Å². The summed E-state index contributed by atoms with van der Waals surface area (Å²) in [5, 5.41) is 3.19. The van der Waals surface area contributed by atoms with Gasteiger partial charge in [-0.05, 0) is 32.9 Å². The zero-order valence-corrected chi connectivity index (χ0v) is 11.9. The summed E-state index contributed by atoms with van der Waals surface area (Å²) >= 11 is 0. The smallest absolute Gasteiger partial charge is 0.238 e. The Labute approximate surface area is 110 Å². The van der Waals surface area contributed by atoms with Crippen molar-refractivity contribution < 1.29 is 9.53 Å². The van der Waals surface area contributed by atoms with E-state index in [1.807, 2.05) is 13.8 Å². The van der Waals surface area contributed by atoms with E-state index in [0.29, 0.717) is 12.6 Å². The molecule has 0 saturated carbocycles. The number of hydrogen-bond acceptors (Lipinski definition) is 4. The molecule has 18 heavy (non-hydrogen) atoms. The topological polar surface area (TPSA) is 67.6 Å². The largest absolute Gasteiger partial charge is 0.377 e. The van der Waals surface area contributed by atoms with Gasteiger partial charge in [-0.15, -0.1) is 0 Å². The lowest BCUT2D eigenvalue weighted by molar-refractivity contribution is -0.124. The number of likely N-dealkylation sites (N-methyl/N-ethyl adjacent to an activating group) is 2. The molecule has 1 fully saturated rings. The van der Waals surface area contributed by atoms with Crippen LogP contribution in [0.3, 0.4) is 0 Å². The van der Waals surface area contributed by atoms with Crippen molar-refractivity contribution in [2.45, 2.75) is 45.3 Å². The Morgan fingerprint density at radius 2 is 2.28 bits per heavy atom. The van der Waals surface area contributed by atoms with E-state index in [1.165, 1.54) is 0 Å². The SMILES string of the molecule is CCNC(C)(CN(CC)CC1CCCO1)C(N)=O. The lowest BCUT2D eigenvalue weighted by Crippen LogP contribution is -2.60. The third kappa shape index (κ3) is 4.23. The van der Waals surface area contributed by atoms with Crippen molar-refractivity contribution >= 4 is 5.91 Å². The maximum absolute atomic E-state index is 11.6. The molecule has 1 rings (SSSR count). The normalized spacial score (nSPS) is 23.2. The monoisotopic (exact) mass is 257 g/mol. The number of nitrogens with zero attached hydrogens (tertiary/aromatic N) is 1. The van der Waals surface area contributed by atoms with Gasteiger partial charge in [0.15, 0.2) is 0 Å². The van der Waals surface area contributed by atoms with Crippen molar-refractivity contribution in [3.8, 4) is 0 Å². The molecule has 0 aromatic rings. The van der Waals surface area contributed by atoms with E-state index in [9.17, 15) is 4.79 Å². The third-order valence-corrected chi connectivity index (χ3v) is 3.58. The second-order valence-electron chi connectivity index (χ2n) is 5.19. The maximum Gasteiger partial charge on any atom is 0.238 e. The molecule has 0 aromatic heterocycles. The molecule has 2 unspecified atom stereocenters. The molecule has 1 saturated heterocycles. The highest BCUT2D eigenvalue weighted by Gasteiger charge is 2.32. The molecule has 5 heteroatoms. The molecular weight excluding hydrogens is 230 g/mol. The first-order valence-electron chi connectivity index (χ1n) is 6.90. The zero-order chi connectivity index (χ0) is 13.6. The molecule has 1 heterocycles. The zero-order valence-electron chi connectivity index (χ0n) is 11.9. The van der Waals surface area contributed by atoms with E-state index in [-0.39, 0.29) is 5.91 Å². The summed E-state index contributed by atoms with van der Waals surface area (Å²) < 4.78 is 5.64. The number of ether oxygens (including phenoxy) is 1. The van der Waals surface area contributed by atoms with E-state index in [4.69, 9.17) is 10.5 Å². The van der Waals surface area contributed by atoms with Gasteiger partial charge in [0.2, 0.25) is 5.91 Å². The Morgan fingerprint density at radius 1 is 1.56 bits per heavy atom. The fraction of sp³-hybridized carbons (Fsp3) is 0.923. The van der Waals surface area contributed by atoms with Crippen LogP contribution in [0.25, 0.3) is 0 Å². The molecule has 1 amide bonds. The first kappa shape index (κ1) is 15.4. The number of rotatable bonds is 8. The summed E-state index contributed by atoms with van der Waals surface area (Å²) in [7, 11) is 0. The molecule has 0 aliphatic carbocycles. The van der Waals surface area contributed by atoms with Crippen LogP contribution >= 0.6 is 0 Å². The molecule has 0 bridgehead atoms. The molecule has 0 aromatic carbocycles. The minimum atomic E-state index is -0.663. The van der Waals surface area contributed by atoms with Crippen molar-refractivity contribution in [3.63, 3.8) is 0 Å². The van der Waals surface area contributed by atoms with Crippen molar-refractivity contribution in [3.05, 3.63) is 0 Å². The Morgan fingerprint density at radius 3 is 2.72 bits per heavy atom. The van der Waals surface area contributed by atoms with Gasteiger partial charge in [-0.2, -0.15) is 0 Å². The maximum atomic E-state index is 11.6. The van der Waals surface area contributed by atoms with Gasteiger partial charge in [0, 0.05) is 19.7 Å². The van der Waals surface area contributed by atoms with Crippen LogP contribution in [0.5, 0.6) is 0 Å². The summed E-state index contributed by atoms with van der Waals surface area (Å²) in [6, 6.07) is 0. The summed E-state index contributed by atoms with van der Waals surface area (Å²) in [4.78, 5) is 13.8. The van der Waals surface area contributed by atoms with Crippen LogP contribution in [0.2, 0.25) is 0 Å². The Hall–Kier alpha value is -0.650. The number of nitrogens with one attached hydrogen (secondary N) is 1. The minimum Gasteiger partial charge on any atom is -0.377 e. The predicted octanol–water partition coefficient (Wildman–Crippen LogP) is 0.341. The van der Waals surface area contributed by atoms with Gasteiger partial charge in [0.1, 0.15) is 5.54 Å². The molecule has 1 aliphatic heterocycles. The van der Waals surface area contributed by atoms with Crippen molar-refractivity contribution in [2.75, 3.05) is 32.8 Å². The standard InChI is InChI=1S/C13H27N3O2/c1-4-15-13(3,12(14)17)10-16(5-2)9-11-7-6-8-18-11/h11,15H,4-10H2,1-3H3,(H2,14,17). The number of hydrogen-bond donors (Lipinski definition) is 2. The summed E-state index contributed by atoms with van der Waals surface area (Å²) in [6.45, 7) is 9.96. The Balaban J connectivity index is 2.55. The number of primary amides is 1. The van der Waals surface area contributed by atoms with Crippen LogP contribution in [0.4, 0.5) is 0 Å². The first-order valence-corrected chi connectivity index (χ1v) is 6.90. The molecule has 1 aliphatic rings. The van der Waals surface area contributed by atoms with Gasteiger partial charge in [-0.3, -0.25) is 9.69 Å². The average Bonchev–Trinajstić information content (AvgIpc) is 2.81. The third-order valence-electron chi connectivity index (χ3n) is 3.58. The van der Waals surface area contributed by atoms with Crippen LogP contribution in [0.15, 0.2) is 0 Å². The van der Waals surface area contributed by atoms with Crippen LogP contribution in [0, 0.1) is 0 Å². The fourth-order valence-electron chi connectivity index (χ4n) is 2.44. The van der Waals surface area contributed by atoms with E-state index >= 15 is 0 Å². The Bertz CT molecular complexity index is 267. The van der Waals surface area contributed by atoms with E-state index in [1.54, 1.807) is 0 Å². The molecule has 2 atom stereocenters. The molecule has 0 radical (unpaired) electrons. The fourth-order valence-corrected chi connectivity index (χ4v) is 2.44. The van der Waals surface area contributed by atoms with E-state index < -0.39 is 5.54 Å². The summed E-state index contributed by atoms with van der Waals surface area (Å²) in [5.41, 5.74) is 4.85. The van der Waals surface area contributed by atoms with Crippen LogP contribution < -0.4 is 11.1 Å². The van der Waals surface area contributed by atoms with Gasteiger partial charge in [0.25, 0.3) is 0 Å². The van der Waals surface area contributed by atoms with Crippen LogP contribution in [-0.4, -0.2) is 55.2 Å².